The first kappa shape index (κ1) is 50.1. The van der Waals surface area contributed by atoms with Crippen molar-refractivity contribution < 1.29 is 44.2 Å². The summed E-state index contributed by atoms with van der Waals surface area (Å²) in [6, 6.07) is 0. The van der Waals surface area contributed by atoms with Crippen molar-refractivity contribution in [1.82, 2.24) is 0 Å². The van der Waals surface area contributed by atoms with Gasteiger partial charge in [-0.25, -0.2) is 0 Å². The molecule has 0 fully saturated rings. The third-order valence-electron chi connectivity index (χ3n) is 4.48. The van der Waals surface area contributed by atoms with E-state index in [2.05, 4.69) is 41.5 Å². The molecule has 0 aromatic carbocycles. The molecular weight excluding hydrogens is 725 g/mol. The van der Waals surface area contributed by atoms with Crippen LogP contribution in [0.25, 0.3) is 0 Å². The number of rotatable bonds is 24. The normalized spacial score (nSPS) is 11.6. The molecule has 0 aliphatic carbocycles. The molecule has 245 valence electrons. The van der Waals surface area contributed by atoms with E-state index >= 15 is 0 Å². The van der Waals surface area contributed by atoms with Crippen LogP contribution in [-0.2, 0) is 116 Å². The molecular formula is C24H54FeO6P3S6. The second-order valence-electron chi connectivity index (χ2n) is 8.46. The SMILES string of the molecule is CCCCOP(=S)([S-])OCCCC.CCCCOP(=S)([S-])OCCCC.CCCCOP(=S)([S-])OCCCC.[Fe+3]. The Labute approximate surface area is 289 Å². The van der Waals surface area contributed by atoms with Gasteiger partial charge in [0.1, 0.15) is 0 Å². The van der Waals surface area contributed by atoms with Gasteiger partial charge in [-0.1, -0.05) is 115 Å². The first-order valence-electron chi connectivity index (χ1n) is 14.2. The van der Waals surface area contributed by atoms with Gasteiger partial charge in [0.2, 0.25) is 0 Å². The van der Waals surface area contributed by atoms with Crippen LogP contribution in [0.3, 0.4) is 0 Å². The molecule has 0 aliphatic heterocycles. The molecule has 0 saturated carbocycles. The second kappa shape index (κ2) is 35.1. The van der Waals surface area contributed by atoms with Gasteiger partial charge in [0.15, 0.2) is 0 Å². The van der Waals surface area contributed by atoms with Crippen LogP contribution < -0.4 is 0 Å². The number of hydrogen-bond acceptors (Lipinski definition) is 12. The van der Waals surface area contributed by atoms with E-state index in [0.29, 0.717) is 39.6 Å². The zero-order chi connectivity index (χ0) is 30.5. The van der Waals surface area contributed by atoms with E-state index in [-0.39, 0.29) is 17.1 Å². The molecule has 0 unspecified atom stereocenters. The minimum atomic E-state index is -2.34. The Morgan fingerprint density at radius 2 is 0.500 bits per heavy atom. The Kier molecular flexibility index (Phi) is 44.0. The third-order valence-corrected chi connectivity index (χ3v) is 11.3. The minimum absolute atomic E-state index is 0. The molecule has 0 N–H and O–H groups in total. The minimum Gasteiger partial charge on any atom is -0.691 e. The van der Waals surface area contributed by atoms with E-state index in [1.165, 1.54) is 0 Å². The van der Waals surface area contributed by atoms with E-state index in [0.717, 1.165) is 77.0 Å². The molecule has 0 atom stereocenters. The van der Waals surface area contributed by atoms with Crippen molar-refractivity contribution in [3.05, 3.63) is 0 Å². The van der Waals surface area contributed by atoms with E-state index in [4.69, 9.17) is 99.3 Å². The first-order valence-corrected chi connectivity index (χ1v) is 25.1. The van der Waals surface area contributed by atoms with Crippen LogP contribution in [0.2, 0.25) is 0 Å². The summed E-state index contributed by atoms with van der Waals surface area (Å²) >= 11 is 30.3. The van der Waals surface area contributed by atoms with E-state index in [9.17, 15) is 0 Å². The summed E-state index contributed by atoms with van der Waals surface area (Å²) in [7, 11) is 0. The maximum atomic E-state index is 5.33. The molecule has 16 heteroatoms. The van der Waals surface area contributed by atoms with Crippen molar-refractivity contribution in [2.45, 2.75) is 119 Å². The van der Waals surface area contributed by atoms with Gasteiger partial charge in [0.25, 0.3) is 0 Å². The molecule has 40 heavy (non-hydrogen) atoms. The van der Waals surface area contributed by atoms with Crippen molar-refractivity contribution in [1.29, 1.82) is 0 Å². The van der Waals surface area contributed by atoms with E-state index in [1.54, 1.807) is 0 Å². The summed E-state index contributed by atoms with van der Waals surface area (Å²) in [5.74, 6) is 0. The summed E-state index contributed by atoms with van der Waals surface area (Å²) in [5, 5.41) is 0. The quantitative estimate of drug-likeness (QED) is 0.0406. The van der Waals surface area contributed by atoms with Crippen molar-refractivity contribution in [2.75, 3.05) is 39.6 Å². The van der Waals surface area contributed by atoms with Gasteiger partial charge >= 0.3 is 17.1 Å². The summed E-state index contributed by atoms with van der Waals surface area (Å²) in [6.45, 7) is 16.5. The molecule has 0 saturated heterocycles. The zero-order valence-electron chi connectivity index (χ0n) is 25.3. The topological polar surface area (TPSA) is 55.4 Å². The predicted molar refractivity (Wildman–Crippen MR) is 190 cm³/mol. The largest absolute Gasteiger partial charge is 3.00 e. The van der Waals surface area contributed by atoms with Crippen LogP contribution >= 0.6 is 17.1 Å². The van der Waals surface area contributed by atoms with Crippen LogP contribution in [0.4, 0.5) is 0 Å². The summed E-state index contributed by atoms with van der Waals surface area (Å²) in [5.41, 5.74) is -7.01. The number of hydrogen-bond donors (Lipinski definition) is 0. The molecule has 6 nitrogen and oxygen atoms in total. The second-order valence-corrected chi connectivity index (χ2v) is 23.4. The van der Waals surface area contributed by atoms with E-state index < -0.39 is 17.1 Å². The van der Waals surface area contributed by atoms with Gasteiger partial charge in [0.05, 0.1) is 56.7 Å². The van der Waals surface area contributed by atoms with Crippen LogP contribution in [-0.4, -0.2) is 39.6 Å². The zero-order valence-corrected chi connectivity index (χ0v) is 34.0. The fourth-order valence-corrected chi connectivity index (χ4v) is 7.06. The third kappa shape index (κ3) is 43.4. The molecule has 1 radical (unpaired) electrons. The van der Waals surface area contributed by atoms with Gasteiger partial charge in [-0.2, -0.15) is 0 Å². The monoisotopic (exact) mass is 779 g/mol. The summed E-state index contributed by atoms with van der Waals surface area (Å²) in [4.78, 5) is 0. The molecule has 0 spiro atoms. The van der Waals surface area contributed by atoms with Gasteiger partial charge in [-0.15, -0.1) is 0 Å². The Hall–Kier alpha value is 3.28. The molecule has 0 amide bonds. The first-order chi connectivity index (χ1) is 18.4. The Bertz CT molecular complexity index is 543. The van der Waals surface area contributed by atoms with Crippen LogP contribution in [0.15, 0.2) is 0 Å². The van der Waals surface area contributed by atoms with Gasteiger partial charge in [-0.05, 0) is 38.5 Å². The maximum Gasteiger partial charge on any atom is 3.00 e. The van der Waals surface area contributed by atoms with Crippen LogP contribution in [0.5, 0.6) is 0 Å². The van der Waals surface area contributed by atoms with Gasteiger partial charge < -0.3 is 63.9 Å². The molecule has 0 bridgehead atoms. The van der Waals surface area contributed by atoms with Crippen molar-refractivity contribution >= 4 is 89.2 Å². The Balaban J connectivity index is -0.000000240. The Morgan fingerprint density at radius 1 is 0.375 bits per heavy atom. The molecule has 0 aromatic heterocycles. The van der Waals surface area contributed by atoms with Crippen molar-refractivity contribution in [3.63, 3.8) is 0 Å². The van der Waals surface area contributed by atoms with Crippen molar-refractivity contribution in [3.8, 4) is 0 Å². The molecule has 0 aromatic rings. The standard InChI is InChI=1S/3C8H19O2PS2.Fe/c3*1-3-5-7-9-11(12,13)10-8-6-4-2;/h3*3-8H2,1-2H3,(H,12,13);/q;;;+3/p-3. The average molecular weight is 780 g/mol. The summed E-state index contributed by atoms with van der Waals surface area (Å²) < 4.78 is 32.0. The van der Waals surface area contributed by atoms with E-state index in [1.807, 2.05) is 0 Å². The van der Waals surface area contributed by atoms with Crippen LogP contribution in [0, 0.1) is 0 Å². The summed E-state index contributed by atoms with van der Waals surface area (Å²) in [6.07, 6.45) is 12.6. The number of unbranched alkanes of at least 4 members (excludes halogenated alkanes) is 6. The predicted octanol–water partition coefficient (Wildman–Crippen LogP) is 10.2. The van der Waals surface area contributed by atoms with Crippen LogP contribution in [0.1, 0.15) is 119 Å². The van der Waals surface area contributed by atoms with Gasteiger partial charge in [0, 0.05) is 0 Å². The smallest absolute Gasteiger partial charge is 0.691 e. The molecule has 0 heterocycles. The van der Waals surface area contributed by atoms with Gasteiger partial charge in [-0.3, -0.25) is 0 Å². The van der Waals surface area contributed by atoms with Crippen molar-refractivity contribution in [2.24, 2.45) is 0 Å². The molecule has 0 aliphatic rings. The fourth-order valence-electron chi connectivity index (χ4n) is 2.04. The Morgan fingerprint density at radius 3 is 0.600 bits per heavy atom. The maximum absolute atomic E-state index is 5.33. The fraction of sp³-hybridized carbons (Fsp3) is 1.00. The molecule has 0 rings (SSSR count). The average Bonchev–Trinajstić information content (AvgIpc) is 2.85.